The molecule has 0 bridgehead atoms. The number of hydrogen-bond donors (Lipinski definition) is 1. The molecule has 4 nitrogen and oxygen atoms in total. The Morgan fingerprint density at radius 1 is 1.18 bits per heavy atom. The second-order valence-corrected chi connectivity index (χ2v) is 4.22. The summed E-state index contributed by atoms with van der Waals surface area (Å²) in [4.78, 5) is 0. The highest BCUT2D eigenvalue weighted by molar-refractivity contribution is 5.73. The first-order chi connectivity index (χ1) is 8.42. The molecule has 2 aromatic rings. The molecule has 0 aliphatic rings. The second-order valence-electron chi connectivity index (χ2n) is 4.22. The van der Waals surface area contributed by atoms with E-state index < -0.39 is 0 Å². The summed E-state index contributed by atoms with van der Waals surface area (Å²) in [5, 5.41) is 11.7. The average molecular weight is 232 g/mol. The van der Waals surface area contributed by atoms with Gasteiger partial charge in [-0.2, -0.15) is 0 Å². The summed E-state index contributed by atoms with van der Waals surface area (Å²) in [6.45, 7) is 5.29. The van der Waals surface area contributed by atoms with Crippen LogP contribution in [0.3, 0.4) is 0 Å². The Morgan fingerprint density at radius 2 is 2.06 bits per heavy atom. The van der Waals surface area contributed by atoms with Crippen LogP contribution in [0.25, 0.3) is 11.0 Å². The van der Waals surface area contributed by atoms with Gasteiger partial charge in [-0.25, -0.2) is 4.68 Å². The smallest absolute Gasteiger partial charge is 0.113 e. The van der Waals surface area contributed by atoms with Crippen molar-refractivity contribution < 1.29 is 0 Å². The van der Waals surface area contributed by atoms with Crippen LogP contribution in [-0.2, 0) is 6.54 Å². The molecule has 0 fully saturated rings. The maximum Gasteiger partial charge on any atom is 0.113 e. The molecular formula is C13H20N4. The van der Waals surface area contributed by atoms with E-state index in [0.29, 0.717) is 0 Å². The van der Waals surface area contributed by atoms with E-state index in [2.05, 4.69) is 28.6 Å². The fraction of sp³-hybridized carbons (Fsp3) is 0.538. The summed E-state index contributed by atoms with van der Waals surface area (Å²) in [5.41, 5.74) is 2.12. The van der Waals surface area contributed by atoms with Gasteiger partial charge in [0.1, 0.15) is 5.52 Å². The molecular weight excluding hydrogens is 212 g/mol. The lowest BCUT2D eigenvalue weighted by Gasteiger charge is -2.03. The number of nitrogens with zero attached hydrogens (tertiary/aromatic N) is 3. The van der Waals surface area contributed by atoms with E-state index >= 15 is 0 Å². The Bertz CT molecular complexity index is 449. The molecule has 1 heterocycles. The number of rotatable bonds is 7. The molecule has 0 amide bonds. The zero-order chi connectivity index (χ0) is 11.9. The van der Waals surface area contributed by atoms with Crippen molar-refractivity contribution in [1.29, 1.82) is 0 Å². The van der Waals surface area contributed by atoms with E-state index in [-0.39, 0.29) is 0 Å². The summed E-state index contributed by atoms with van der Waals surface area (Å²) in [6.07, 6.45) is 3.64. The second kappa shape index (κ2) is 6.35. The average Bonchev–Trinajstić information content (AvgIpc) is 2.77. The highest BCUT2D eigenvalue weighted by Crippen LogP contribution is 2.10. The molecule has 0 saturated carbocycles. The molecule has 0 aliphatic heterocycles. The quantitative estimate of drug-likeness (QED) is 0.744. The van der Waals surface area contributed by atoms with Crippen molar-refractivity contribution in [2.24, 2.45) is 0 Å². The van der Waals surface area contributed by atoms with E-state index in [1.165, 1.54) is 19.3 Å². The van der Waals surface area contributed by atoms with Crippen LogP contribution in [0.5, 0.6) is 0 Å². The van der Waals surface area contributed by atoms with Gasteiger partial charge in [0.2, 0.25) is 0 Å². The number of para-hydroxylation sites is 1. The molecule has 0 atom stereocenters. The maximum atomic E-state index is 4.18. The van der Waals surface area contributed by atoms with Gasteiger partial charge in [-0.3, -0.25) is 0 Å². The van der Waals surface area contributed by atoms with Crippen LogP contribution >= 0.6 is 0 Å². The lowest BCUT2D eigenvalue weighted by molar-refractivity contribution is 0.531. The molecule has 92 valence electrons. The van der Waals surface area contributed by atoms with Gasteiger partial charge in [0.15, 0.2) is 0 Å². The van der Waals surface area contributed by atoms with Crippen molar-refractivity contribution >= 4 is 11.0 Å². The predicted octanol–water partition coefficient (Wildman–Crippen LogP) is 2.21. The number of aromatic nitrogens is 3. The van der Waals surface area contributed by atoms with Crippen LogP contribution in [0.4, 0.5) is 0 Å². The van der Waals surface area contributed by atoms with Gasteiger partial charge in [-0.05, 0) is 38.1 Å². The molecule has 2 rings (SSSR count). The van der Waals surface area contributed by atoms with E-state index in [1.54, 1.807) is 0 Å². The van der Waals surface area contributed by atoms with Crippen LogP contribution in [0, 0.1) is 0 Å². The van der Waals surface area contributed by atoms with Crippen molar-refractivity contribution in [1.82, 2.24) is 20.3 Å². The summed E-state index contributed by atoms with van der Waals surface area (Å²) in [5.74, 6) is 0. The summed E-state index contributed by atoms with van der Waals surface area (Å²) < 4.78 is 2.00. The molecule has 0 radical (unpaired) electrons. The Kier molecular flexibility index (Phi) is 4.50. The van der Waals surface area contributed by atoms with Gasteiger partial charge >= 0.3 is 0 Å². The van der Waals surface area contributed by atoms with E-state index in [4.69, 9.17) is 0 Å². The van der Waals surface area contributed by atoms with Crippen LogP contribution in [0.15, 0.2) is 24.3 Å². The van der Waals surface area contributed by atoms with Crippen LogP contribution in [0.2, 0.25) is 0 Å². The first-order valence-corrected chi connectivity index (χ1v) is 6.41. The van der Waals surface area contributed by atoms with Gasteiger partial charge in [0.25, 0.3) is 0 Å². The predicted molar refractivity (Wildman–Crippen MR) is 69.9 cm³/mol. The lowest BCUT2D eigenvalue weighted by Crippen LogP contribution is -2.14. The summed E-state index contributed by atoms with van der Waals surface area (Å²) in [6, 6.07) is 8.11. The number of fused-ring (bicyclic) bond motifs is 1. The maximum absolute atomic E-state index is 4.18. The highest BCUT2D eigenvalue weighted by atomic mass is 15.4. The monoisotopic (exact) mass is 232 g/mol. The van der Waals surface area contributed by atoms with Gasteiger partial charge in [0, 0.05) is 6.54 Å². The van der Waals surface area contributed by atoms with Gasteiger partial charge in [-0.15, -0.1) is 5.10 Å². The van der Waals surface area contributed by atoms with Crippen LogP contribution in [-0.4, -0.2) is 28.1 Å². The molecule has 0 aliphatic carbocycles. The molecule has 17 heavy (non-hydrogen) atoms. The molecule has 4 heteroatoms. The fourth-order valence-corrected chi connectivity index (χ4v) is 1.95. The van der Waals surface area contributed by atoms with Gasteiger partial charge in [-0.1, -0.05) is 30.7 Å². The summed E-state index contributed by atoms with van der Waals surface area (Å²) in [7, 11) is 0. The fourth-order valence-electron chi connectivity index (χ4n) is 1.95. The first-order valence-electron chi connectivity index (χ1n) is 6.41. The Balaban J connectivity index is 1.79. The molecule has 0 saturated heterocycles. The Labute approximate surface area is 102 Å². The van der Waals surface area contributed by atoms with Gasteiger partial charge in [0.05, 0.1) is 5.52 Å². The molecule has 0 unspecified atom stereocenters. The minimum absolute atomic E-state index is 0.965. The van der Waals surface area contributed by atoms with Gasteiger partial charge < -0.3 is 5.32 Å². The van der Waals surface area contributed by atoms with Crippen LogP contribution < -0.4 is 5.32 Å². The zero-order valence-electron chi connectivity index (χ0n) is 10.4. The molecule has 1 aromatic heterocycles. The molecule has 0 spiro atoms. The third-order valence-electron chi connectivity index (χ3n) is 2.89. The minimum atomic E-state index is 0.965. The third kappa shape index (κ3) is 3.27. The van der Waals surface area contributed by atoms with Crippen molar-refractivity contribution in [3.63, 3.8) is 0 Å². The van der Waals surface area contributed by atoms with Crippen molar-refractivity contribution in [2.75, 3.05) is 13.1 Å². The topological polar surface area (TPSA) is 42.7 Å². The number of unbranched alkanes of at least 4 members (excludes halogenated alkanes) is 2. The number of hydrogen-bond acceptors (Lipinski definition) is 3. The normalized spacial score (nSPS) is 11.1. The van der Waals surface area contributed by atoms with E-state index in [1.807, 2.05) is 22.9 Å². The largest absolute Gasteiger partial charge is 0.317 e. The van der Waals surface area contributed by atoms with E-state index in [9.17, 15) is 0 Å². The standard InChI is InChI=1S/C13H20N4/c1-2-14-10-6-3-7-11-17-13-9-5-4-8-12(13)15-16-17/h4-5,8-9,14H,2-3,6-7,10-11H2,1H3. The number of nitrogens with one attached hydrogen (secondary N) is 1. The van der Waals surface area contributed by atoms with Crippen molar-refractivity contribution in [3.8, 4) is 0 Å². The van der Waals surface area contributed by atoms with Crippen LogP contribution in [0.1, 0.15) is 26.2 Å². The Morgan fingerprint density at radius 3 is 2.94 bits per heavy atom. The van der Waals surface area contributed by atoms with E-state index in [0.717, 1.165) is 30.7 Å². The first kappa shape index (κ1) is 12.0. The third-order valence-corrected chi connectivity index (χ3v) is 2.89. The number of aryl methyl sites for hydroxylation is 1. The Hall–Kier alpha value is -1.42. The molecule has 1 aromatic carbocycles. The lowest BCUT2D eigenvalue weighted by atomic mass is 10.2. The number of benzene rings is 1. The SMILES string of the molecule is CCNCCCCCn1nnc2ccccc21. The highest BCUT2D eigenvalue weighted by Gasteiger charge is 2.01. The minimum Gasteiger partial charge on any atom is -0.317 e. The zero-order valence-corrected chi connectivity index (χ0v) is 10.4. The van der Waals surface area contributed by atoms with Crippen molar-refractivity contribution in [3.05, 3.63) is 24.3 Å². The molecule has 1 N–H and O–H groups in total. The van der Waals surface area contributed by atoms with Crippen molar-refractivity contribution in [2.45, 2.75) is 32.7 Å². The summed E-state index contributed by atoms with van der Waals surface area (Å²) >= 11 is 0.